The number of hydrogen-bond donors (Lipinski definition) is 0. The summed E-state index contributed by atoms with van der Waals surface area (Å²) < 4.78 is 12.2. The zero-order valence-corrected chi connectivity index (χ0v) is 11.6. The zero-order valence-electron chi connectivity index (χ0n) is 11.6. The molecule has 0 amide bonds. The molecule has 0 spiro atoms. The SMILES string of the molecule is Cc1noc2ncn(Cc3nc4c(o3)CCCC4)c(=O)c12. The van der Waals surface area contributed by atoms with Gasteiger partial charge in [0.15, 0.2) is 0 Å². The maximum atomic E-state index is 12.4. The van der Waals surface area contributed by atoms with Crippen molar-refractivity contribution in [3.8, 4) is 0 Å². The molecule has 1 aliphatic carbocycles. The molecule has 0 N–H and O–H groups in total. The van der Waals surface area contributed by atoms with Crippen molar-refractivity contribution >= 4 is 11.1 Å². The predicted octanol–water partition coefficient (Wildman–Crippen LogP) is 1.61. The van der Waals surface area contributed by atoms with Crippen molar-refractivity contribution in [2.75, 3.05) is 0 Å². The molecule has 3 aromatic heterocycles. The summed E-state index contributed by atoms with van der Waals surface area (Å²) in [6.45, 7) is 2.00. The van der Waals surface area contributed by atoms with Crippen LogP contribution in [0.2, 0.25) is 0 Å². The second kappa shape index (κ2) is 4.54. The molecular formula is C14H14N4O3. The standard InChI is InChI=1S/C14H14N4O3/c1-8-12-13(21-17-8)15-7-18(14(12)19)6-11-16-9-4-2-3-5-10(9)20-11/h7H,2-6H2,1H3. The van der Waals surface area contributed by atoms with Gasteiger partial charge in [-0.2, -0.15) is 0 Å². The van der Waals surface area contributed by atoms with E-state index in [2.05, 4.69) is 15.1 Å². The highest BCUT2D eigenvalue weighted by molar-refractivity contribution is 5.73. The number of rotatable bonds is 2. The van der Waals surface area contributed by atoms with E-state index in [0.29, 0.717) is 17.0 Å². The highest BCUT2D eigenvalue weighted by Gasteiger charge is 2.18. The summed E-state index contributed by atoms with van der Waals surface area (Å²) in [5, 5.41) is 4.18. The highest BCUT2D eigenvalue weighted by Crippen LogP contribution is 2.22. The quantitative estimate of drug-likeness (QED) is 0.711. The van der Waals surface area contributed by atoms with E-state index in [1.807, 2.05) is 0 Å². The molecule has 7 heteroatoms. The first-order valence-corrected chi connectivity index (χ1v) is 7.01. The second-order valence-corrected chi connectivity index (χ2v) is 5.31. The molecule has 7 nitrogen and oxygen atoms in total. The lowest BCUT2D eigenvalue weighted by atomic mass is 10.0. The molecule has 0 atom stereocenters. The molecule has 3 aromatic rings. The number of aromatic nitrogens is 4. The van der Waals surface area contributed by atoms with Gasteiger partial charge in [0.2, 0.25) is 5.89 Å². The van der Waals surface area contributed by atoms with Gasteiger partial charge in [-0.05, 0) is 26.2 Å². The lowest BCUT2D eigenvalue weighted by molar-refractivity contribution is 0.425. The fourth-order valence-corrected chi connectivity index (χ4v) is 2.74. The third-order valence-electron chi connectivity index (χ3n) is 3.83. The second-order valence-electron chi connectivity index (χ2n) is 5.31. The number of aryl methyl sites for hydroxylation is 3. The molecule has 0 aliphatic heterocycles. The topological polar surface area (TPSA) is 86.9 Å². The minimum Gasteiger partial charge on any atom is -0.443 e. The van der Waals surface area contributed by atoms with Gasteiger partial charge in [-0.25, -0.2) is 9.97 Å². The van der Waals surface area contributed by atoms with E-state index in [9.17, 15) is 4.79 Å². The van der Waals surface area contributed by atoms with E-state index in [-0.39, 0.29) is 17.8 Å². The van der Waals surface area contributed by atoms with Crippen LogP contribution in [0.3, 0.4) is 0 Å². The number of nitrogens with zero attached hydrogens (tertiary/aromatic N) is 4. The van der Waals surface area contributed by atoms with Crippen molar-refractivity contribution in [1.82, 2.24) is 19.7 Å². The summed E-state index contributed by atoms with van der Waals surface area (Å²) in [6, 6.07) is 0. The third kappa shape index (κ3) is 1.96. The number of fused-ring (bicyclic) bond motifs is 2. The van der Waals surface area contributed by atoms with Crippen LogP contribution in [-0.4, -0.2) is 19.7 Å². The molecule has 0 unspecified atom stereocenters. The van der Waals surface area contributed by atoms with Gasteiger partial charge in [0.25, 0.3) is 11.3 Å². The van der Waals surface area contributed by atoms with E-state index in [4.69, 9.17) is 8.94 Å². The Morgan fingerprint density at radius 2 is 2.19 bits per heavy atom. The Labute approximate surface area is 119 Å². The molecule has 3 heterocycles. The first-order chi connectivity index (χ1) is 10.2. The Hall–Kier alpha value is -2.44. The Bertz CT molecular complexity index is 851. The Morgan fingerprint density at radius 3 is 3.05 bits per heavy atom. The van der Waals surface area contributed by atoms with Crippen molar-refractivity contribution in [2.45, 2.75) is 39.2 Å². The average molecular weight is 286 g/mol. The Balaban J connectivity index is 1.74. The summed E-state index contributed by atoms with van der Waals surface area (Å²) in [4.78, 5) is 21.0. The van der Waals surface area contributed by atoms with Crippen LogP contribution in [0.15, 0.2) is 20.1 Å². The molecular weight excluding hydrogens is 272 g/mol. The summed E-state index contributed by atoms with van der Waals surface area (Å²) in [5.41, 5.74) is 1.65. The molecule has 0 saturated heterocycles. The van der Waals surface area contributed by atoms with Crippen LogP contribution in [0.1, 0.15) is 35.9 Å². The van der Waals surface area contributed by atoms with Crippen molar-refractivity contribution in [3.63, 3.8) is 0 Å². The van der Waals surface area contributed by atoms with Crippen LogP contribution in [0.25, 0.3) is 11.1 Å². The molecule has 0 aromatic carbocycles. The van der Waals surface area contributed by atoms with E-state index in [0.717, 1.165) is 37.1 Å². The van der Waals surface area contributed by atoms with E-state index in [1.165, 1.54) is 10.9 Å². The number of hydrogen-bond acceptors (Lipinski definition) is 6. The molecule has 1 aliphatic rings. The summed E-state index contributed by atoms with van der Waals surface area (Å²) in [6.07, 6.45) is 5.61. The third-order valence-corrected chi connectivity index (χ3v) is 3.83. The summed E-state index contributed by atoms with van der Waals surface area (Å²) >= 11 is 0. The first kappa shape index (κ1) is 12.3. The largest absolute Gasteiger partial charge is 0.443 e. The fourth-order valence-electron chi connectivity index (χ4n) is 2.74. The Kier molecular flexibility index (Phi) is 2.66. The minimum absolute atomic E-state index is 0.185. The predicted molar refractivity (Wildman–Crippen MR) is 73.0 cm³/mol. The highest BCUT2D eigenvalue weighted by atomic mass is 16.5. The van der Waals surface area contributed by atoms with Gasteiger partial charge in [-0.1, -0.05) is 5.16 Å². The maximum absolute atomic E-state index is 12.4. The molecule has 0 fully saturated rings. The molecule has 108 valence electrons. The molecule has 21 heavy (non-hydrogen) atoms. The smallest absolute Gasteiger partial charge is 0.267 e. The number of oxazole rings is 1. The summed E-state index contributed by atoms with van der Waals surface area (Å²) in [5.74, 6) is 1.51. The molecule has 4 rings (SSSR count). The lowest BCUT2D eigenvalue weighted by Gasteiger charge is -2.05. The van der Waals surface area contributed by atoms with Crippen molar-refractivity contribution in [3.05, 3.63) is 39.7 Å². The van der Waals surface area contributed by atoms with Gasteiger partial charge >= 0.3 is 0 Å². The zero-order chi connectivity index (χ0) is 14.4. The van der Waals surface area contributed by atoms with Crippen molar-refractivity contribution in [1.29, 1.82) is 0 Å². The molecule has 0 bridgehead atoms. The lowest BCUT2D eigenvalue weighted by Crippen LogP contribution is -2.21. The van der Waals surface area contributed by atoms with Crippen LogP contribution in [0.4, 0.5) is 0 Å². The molecule has 0 saturated carbocycles. The van der Waals surface area contributed by atoms with Gasteiger partial charge in [-0.3, -0.25) is 9.36 Å². The van der Waals surface area contributed by atoms with Crippen molar-refractivity contribution < 1.29 is 8.94 Å². The fraction of sp³-hybridized carbons (Fsp3) is 0.429. The van der Waals surface area contributed by atoms with Gasteiger partial charge in [-0.15, -0.1) is 0 Å². The maximum Gasteiger partial charge on any atom is 0.267 e. The van der Waals surface area contributed by atoms with E-state index in [1.54, 1.807) is 6.92 Å². The van der Waals surface area contributed by atoms with Gasteiger partial charge in [0.1, 0.15) is 24.0 Å². The average Bonchev–Trinajstić information content (AvgIpc) is 3.05. The van der Waals surface area contributed by atoms with Crippen LogP contribution in [-0.2, 0) is 19.4 Å². The van der Waals surface area contributed by atoms with Crippen LogP contribution in [0, 0.1) is 6.92 Å². The summed E-state index contributed by atoms with van der Waals surface area (Å²) in [7, 11) is 0. The van der Waals surface area contributed by atoms with Crippen LogP contribution < -0.4 is 5.56 Å². The van der Waals surface area contributed by atoms with Crippen molar-refractivity contribution in [2.24, 2.45) is 0 Å². The van der Waals surface area contributed by atoms with E-state index >= 15 is 0 Å². The first-order valence-electron chi connectivity index (χ1n) is 7.01. The Morgan fingerprint density at radius 1 is 1.33 bits per heavy atom. The van der Waals surface area contributed by atoms with Gasteiger partial charge in [0.05, 0.1) is 11.4 Å². The van der Waals surface area contributed by atoms with Crippen LogP contribution >= 0.6 is 0 Å². The van der Waals surface area contributed by atoms with Gasteiger partial charge in [0, 0.05) is 6.42 Å². The normalized spacial score (nSPS) is 14.5. The van der Waals surface area contributed by atoms with Crippen LogP contribution in [0.5, 0.6) is 0 Å². The van der Waals surface area contributed by atoms with E-state index < -0.39 is 0 Å². The minimum atomic E-state index is -0.185. The molecule has 0 radical (unpaired) electrons. The van der Waals surface area contributed by atoms with Gasteiger partial charge < -0.3 is 8.94 Å². The monoisotopic (exact) mass is 286 g/mol.